The summed E-state index contributed by atoms with van der Waals surface area (Å²) < 4.78 is 9.22. The van der Waals surface area contributed by atoms with Crippen LogP contribution < -0.4 is 56.3 Å². The van der Waals surface area contributed by atoms with Gasteiger partial charge in [-0.05, 0) is 0 Å². The molecule has 0 aromatic rings. The predicted octanol–water partition coefficient (Wildman–Crippen LogP) is -3.98. The van der Waals surface area contributed by atoms with Crippen molar-refractivity contribution in [3.63, 3.8) is 0 Å². The SMILES string of the molecule is N#CP(=O)([O-])O.[K+]. The third-order valence-corrected chi connectivity index (χ3v) is 0.379. The molecule has 0 bridgehead atoms. The summed E-state index contributed by atoms with van der Waals surface area (Å²) >= 11 is 0. The molecule has 0 aliphatic heterocycles. The molecule has 0 amide bonds. The van der Waals surface area contributed by atoms with Crippen molar-refractivity contribution in [1.29, 1.82) is 5.26 Å². The topological polar surface area (TPSA) is 84.2 Å². The van der Waals surface area contributed by atoms with E-state index in [0.717, 1.165) is 0 Å². The maximum absolute atomic E-state index is 9.22. The Kier molecular flexibility index (Phi) is 6.65. The Bertz CT molecular complexity index is 121. The second-order valence-corrected chi connectivity index (χ2v) is 1.86. The minimum Gasteiger partial charge on any atom is -0.767 e. The van der Waals surface area contributed by atoms with Gasteiger partial charge in [-0.15, -0.1) is 0 Å². The van der Waals surface area contributed by atoms with E-state index in [0.29, 0.717) is 5.81 Å². The van der Waals surface area contributed by atoms with Gasteiger partial charge in [-0.3, -0.25) is 4.57 Å². The summed E-state index contributed by atoms with van der Waals surface area (Å²) in [6, 6.07) is 0. The summed E-state index contributed by atoms with van der Waals surface area (Å²) in [4.78, 5) is 16.7. The van der Waals surface area contributed by atoms with Crippen molar-refractivity contribution >= 4 is 7.60 Å². The molecule has 0 aromatic carbocycles. The Morgan fingerprint density at radius 1 is 1.86 bits per heavy atom. The van der Waals surface area contributed by atoms with Crippen molar-refractivity contribution in [2.24, 2.45) is 0 Å². The number of nitrogens with zero attached hydrogens (tertiary/aromatic N) is 1. The van der Waals surface area contributed by atoms with Crippen LogP contribution in [0.2, 0.25) is 0 Å². The van der Waals surface area contributed by atoms with E-state index in [1.54, 1.807) is 0 Å². The van der Waals surface area contributed by atoms with Crippen molar-refractivity contribution in [2.75, 3.05) is 0 Å². The molecule has 4 nitrogen and oxygen atoms in total. The van der Waals surface area contributed by atoms with Gasteiger partial charge in [0, 0.05) is 0 Å². The third kappa shape index (κ3) is 11.1. The van der Waals surface area contributed by atoms with Crippen molar-refractivity contribution in [2.45, 2.75) is 0 Å². The minimum absolute atomic E-state index is 0. The molecule has 0 aliphatic rings. The molecule has 0 spiro atoms. The molecule has 7 heavy (non-hydrogen) atoms. The van der Waals surface area contributed by atoms with Crippen LogP contribution in [0.3, 0.4) is 0 Å². The zero-order valence-corrected chi connectivity index (χ0v) is 7.68. The largest absolute Gasteiger partial charge is 1.00 e. The van der Waals surface area contributed by atoms with Gasteiger partial charge in [-0.25, -0.2) is 0 Å². The number of hydrogen-bond acceptors (Lipinski definition) is 3. The molecule has 0 radical (unpaired) electrons. The fourth-order valence-corrected chi connectivity index (χ4v) is 0. The van der Waals surface area contributed by atoms with Gasteiger partial charge >= 0.3 is 51.4 Å². The summed E-state index contributed by atoms with van der Waals surface area (Å²) in [6.07, 6.45) is 0. The second-order valence-electron chi connectivity index (χ2n) is 0.620. The van der Waals surface area contributed by atoms with Crippen LogP contribution in [0.15, 0.2) is 0 Å². The molecule has 0 aliphatic carbocycles. The van der Waals surface area contributed by atoms with E-state index in [4.69, 9.17) is 10.2 Å². The smallest absolute Gasteiger partial charge is 0.767 e. The minimum atomic E-state index is -4.59. The van der Waals surface area contributed by atoms with Crippen molar-refractivity contribution in [3.8, 4) is 5.81 Å². The first-order chi connectivity index (χ1) is 2.56. The molecule has 6 heteroatoms. The quantitative estimate of drug-likeness (QED) is 0.278. The summed E-state index contributed by atoms with van der Waals surface area (Å²) in [5, 5.41) is 7.33. The Hall–Kier alpha value is 1.28. The Morgan fingerprint density at radius 3 is 2.00 bits per heavy atom. The van der Waals surface area contributed by atoms with Crippen molar-refractivity contribution in [1.82, 2.24) is 0 Å². The number of hydrogen-bond donors (Lipinski definition) is 1. The fourth-order valence-electron chi connectivity index (χ4n) is 0. The van der Waals surface area contributed by atoms with Crippen LogP contribution in [0.5, 0.6) is 0 Å². The van der Waals surface area contributed by atoms with Gasteiger partial charge < -0.3 is 9.79 Å². The second kappa shape index (κ2) is 4.18. The van der Waals surface area contributed by atoms with E-state index in [2.05, 4.69) is 0 Å². The van der Waals surface area contributed by atoms with Crippen molar-refractivity contribution in [3.05, 3.63) is 0 Å². The van der Waals surface area contributed by atoms with Gasteiger partial charge in [0.15, 0.2) is 0 Å². The fraction of sp³-hybridized carbons (Fsp3) is 0. The number of rotatable bonds is 0. The molecule has 0 fully saturated rings. The van der Waals surface area contributed by atoms with Gasteiger partial charge in [-0.2, -0.15) is 5.26 Å². The molecule has 0 aromatic heterocycles. The average molecular weight is 145 g/mol. The molecule has 1 atom stereocenters. The van der Waals surface area contributed by atoms with E-state index < -0.39 is 7.60 Å². The molecular formula is CHKNO3P. The summed E-state index contributed by atoms with van der Waals surface area (Å²) in [6.45, 7) is 0. The maximum atomic E-state index is 9.22. The molecule has 1 unspecified atom stereocenters. The predicted molar refractivity (Wildman–Crippen MR) is 15.4 cm³/mol. The number of nitriles is 1. The van der Waals surface area contributed by atoms with E-state index in [1.165, 1.54) is 0 Å². The van der Waals surface area contributed by atoms with Gasteiger partial charge in [0.2, 0.25) is 7.60 Å². The Morgan fingerprint density at radius 2 is 2.00 bits per heavy atom. The zero-order chi connectivity index (χ0) is 5.21. The monoisotopic (exact) mass is 145 g/mol. The molecule has 1 N–H and O–H groups in total. The van der Waals surface area contributed by atoms with Crippen LogP contribution in [-0.2, 0) is 4.57 Å². The first-order valence-corrected chi connectivity index (χ1v) is 2.59. The van der Waals surface area contributed by atoms with Crippen LogP contribution >= 0.6 is 7.60 Å². The standard InChI is InChI=1S/CH2NO3P.K/c2-1-6(3,4)5;/h(H2,3,4,5);/q;+1/p-1. The van der Waals surface area contributed by atoms with E-state index in [-0.39, 0.29) is 51.4 Å². The normalized spacial score (nSPS) is 15.6. The molecular weight excluding hydrogens is 144 g/mol. The van der Waals surface area contributed by atoms with Crippen LogP contribution in [-0.4, -0.2) is 4.89 Å². The van der Waals surface area contributed by atoms with E-state index >= 15 is 0 Å². The van der Waals surface area contributed by atoms with Gasteiger partial charge in [0.25, 0.3) is 0 Å². The third-order valence-electron chi connectivity index (χ3n) is 0.126. The molecule has 0 saturated heterocycles. The first-order valence-electron chi connectivity index (χ1n) is 1.01. The van der Waals surface area contributed by atoms with E-state index in [1.807, 2.05) is 0 Å². The summed E-state index contributed by atoms with van der Waals surface area (Å²) in [5.74, 6) is 0.660. The summed E-state index contributed by atoms with van der Waals surface area (Å²) in [7, 11) is -4.59. The van der Waals surface area contributed by atoms with Gasteiger partial charge in [0.1, 0.15) is 5.81 Å². The zero-order valence-electron chi connectivity index (χ0n) is 3.66. The van der Waals surface area contributed by atoms with Crippen LogP contribution in [0.4, 0.5) is 0 Å². The first kappa shape index (κ1) is 11.1. The molecule has 0 saturated carbocycles. The van der Waals surface area contributed by atoms with Gasteiger partial charge in [0.05, 0.1) is 0 Å². The molecule has 0 heterocycles. The molecule has 34 valence electrons. The van der Waals surface area contributed by atoms with Gasteiger partial charge in [-0.1, -0.05) is 0 Å². The van der Waals surface area contributed by atoms with Crippen LogP contribution in [0.25, 0.3) is 0 Å². The Labute approximate surface area is 83.1 Å². The van der Waals surface area contributed by atoms with Crippen molar-refractivity contribution < 1.29 is 65.7 Å². The summed E-state index contributed by atoms with van der Waals surface area (Å²) in [5.41, 5.74) is 0. The van der Waals surface area contributed by atoms with Crippen LogP contribution in [0.1, 0.15) is 0 Å². The maximum Gasteiger partial charge on any atom is 1.00 e. The average Bonchev–Trinajstić information content (AvgIpc) is 1.35. The van der Waals surface area contributed by atoms with E-state index in [9.17, 15) is 9.46 Å². The Balaban J connectivity index is 0. The molecule has 0 rings (SSSR count). The van der Waals surface area contributed by atoms with Crippen LogP contribution in [0, 0.1) is 11.1 Å².